The van der Waals surface area contributed by atoms with Crippen LogP contribution in [-0.4, -0.2) is 42.2 Å². The summed E-state index contributed by atoms with van der Waals surface area (Å²) in [6.07, 6.45) is 1.30. The van der Waals surface area contributed by atoms with Gasteiger partial charge in [0.15, 0.2) is 0 Å². The molecule has 0 spiro atoms. The third kappa shape index (κ3) is 3.73. The minimum absolute atomic E-state index is 0.116. The van der Waals surface area contributed by atoms with Crippen LogP contribution in [0.15, 0.2) is 18.2 Å². The summed E-state index contributed by atoms with van der Waals surface area (Å²) >= 11 is 0. The van der Waals surface area contributed by atoms with Crippen LogP contribution >= 0.6 is 0 Å². The summed E-state index contributed by atoms with van der Waals surface area (Å²) in [6.45, 7) is 6.07. The average molecular weight is 277 g/mol. The minimum atomic E-state index is 0.116. The second-order valence-electron chi connectivity index (χ2n) is 5.54. The van der Waals surface area contributed by atoms with Crippen LogP contribution in [0.1, 0.15) is 24.0 Å². The lowest BCUT2D eigenvalue weighted by Crippen LogP contribution is -2.30. The van der Waals surface area contributed by atoms with Gasteiger partial charge in [-0.2, -0.15) is 0 Å². The Hall–Kier alpha value is -1.55. The molecule has 0 aromatic heterocycles. The molecule has 20 heavy (non-hydrogen) atoms. The Labute approximate surface area is 120 Å². The average Bonchev–Trinajstić information content (AvgIpc) is 2.90. The first-order valence-corrected chi connectivity index (χ1v) is 7.19. The van der Waals surface area contributed by atoms with Crippen molar-refractivity contribution >= 4 is 5.91 Å². The SMILES string of the molecule is Cc1ccc(OCCC(=O)N2CCC(CO)C2)c(C)c1. The van der Waals surface area contributed by atoms with Crippen LogP contribution in [0.4, 0.5) is 0 Å². The maximum Gasteiger partial charge on any atom is 0.226 e. The van der Waals surface area contributed by atoms with Gasteiger partial charge in [-0.1, -0.05) is 17.7 Å². The van der Waals surface area contributed by atoms with Gasteiger partial charge < -0.3 is 14.7 Å². The van der Waals surface area contributed by atoms with Crippen LogP contribution in [0, 0.1) is 19.8 Å². The van der Waals surface area contributed by atoms with E-state index in [4.69, 9.17) is 9.84 Å². The third-order valence-electron chi connectivity index (χ3n) is 3.80. The molecule has 1 atom stereocenters. The Bertz CT molecular complexity index is 473. The highest BCUT2D eigenvalue weighted by molar-refractivity contribution is 5.76. The first kappa shape index (κ1) is 14.9. The summed E-state index contributed by atoms with van der Waals surface area (Å²) in [4.78, 5) is 13.8. The lowest BCUT2D eigenvalue weighted by molar-refractivity contribution is -0.130. The highest BCUT2D eigenvalue weighted by Crippen LogP contribution is 2.19. The van der Waals surface area contributed by atoms with E-state index < -0.39 is 0 Å². The molecule has 0 saturated carbocycles. The molecule has 1 aromatic carbocycles. The zero-order valence-electron chi connectivity index (χ0n) is 12.3. The van der Waals surface area contributed by atoms with E-state index in [9.17, 15) is 4.79 Å². The summed E-state index contributed by atoms with van der Waals surface area (Å²) in [5, 5.41) is 9.08. The molecule has 4 nitrogen and oxygen atoms in total. The molecule has 0 aliphatic carbocycles. The number of hydrogen-bond acceptors (Lipinski definition) is 3. The molecule has 1 aliphatic rings. The maximum atomic E-state index is 12.0. The maximum absolute atomic E-state index is 12.0. The fraction of sp³-hybridized carbons (Fsp3) is 0.562. The van der Waals surface area contributed by atoms with Gasteiger partial charge in [0, 0.05) is 25.6 Å². The standard InChI is InChI=1S/C16H23NO3/c1-12-3-4-15(13(2)9-12)20-8-6-16(19)17-7-5-14(10-17)11-18/h3-4,9,14,18H,5-8,10-11H2,1-2H3. The number of aryl methyl sites for hydroxylation is 2. The molecule has 1 N–H and O–H groups in total. The molecule has 1 unspecified atom stereocenters. The number of aliphatic hydroxyl groups excluding tert-OH is 1. The monoisotopic (exact) mass is 277 g/mol. The van der Waals surface area contributed by atoms with Crippen molar-refractivity contribution in [2.45, 2.75) is 26.7 Å². The van der Waals surface area contributed by atoms with Crippen molar-refractivity contribution in [2.24, 2.45) is 5.92 Å². The molecule has 1 aliphatic heterocycles. The number of aliphatic hydroxyl groups is 1. The van der Waals surface area contributed by atoms with E-state index in [1.807, 2.05) is 30.9 Å². The Balaban J connectivity index is 1.77. The van der Waals surface area contributed by atoms with Gasteiger partial charge >= 0.3 is 0 Å². The molecule has 1 saturated heterocycles. The summed E-state index contributed by atoms with van der Waals surface area (Å²) in [7, 11) is 0. The summed E-state index contributed by atoms with van der Waals surface area (Å²) in [5.74, 6) is 1.21. The number of benzene rings is 1. The molecule has 1 heterocycles. The minimum Gasteiger partial charge on any atom is -0.493 e. The molecule has 1 fully saturated rings. The lowest BCUT2D eigenvalue weighted by atomic mass is 10.1. The van der Waals surface area contributed by atoms with Gasteiger partial charge in [-0.3, -0.25) is 4.79 Å². The van der Waals surface area contributed by atoms with Crippen LogP contribution in [0.5, 0.6) is 5.75 Å². The molecule has 0 bridgehead atoms. The molecule has 1 aromatic rings. The van der Waals surface area contributed by atoms with E-state index in [-0.39, 0.29) is 18.4 Å². The first-order chi connectivity index (χ1) is 9.60. The van der Waals surface area contributed by atoms with E-state index >= 15 is 0 Å². The quantitative estimate of drug-likeness (QED) is 0.894. The van der Waals surface area contributed by atoms with Crippen LogP contribution < -0.4 is 4.74 Å². The van der Waals surface area contributed by atoms with Gasteiger partial charge in [-0.05, 0) is 31.9 Å². The van der Waals surface area contributed by atoms with E-state index in [1.165, 1.54) is 5.56 Å². The van der Waals surface area contributed by atoms with Gasteiger partial charge in [0.25, 0.3) is 0 Å². The van der Waals surface area contributed by atoms with Crippen LogP contribution in [0.2, 0.25) is 0 Å². The van der Waals surface area contributed by atoms with E-state index in [1.54, 1.807) is 0 Å². The Morgan fingerprint density at radius 3 is 2.90 bits per heavy atom. The number of carbonyl (C=O) groups is 1. The topological polar surface area (TPSA) is 49.8 Å². The van der Waals surface area contributed by atoms with Crippen LogP contribution in [0.25, 0.3) is 0 Å². The van der Waals surface area contributed by atoms with Crippen LogP contribution in [0.3, 0.4) is 0 Å². The summed E-state index contributed by atoms with van der Waals surface area (Å²) in [5.41, 5.74) is 2.30. The number of hydrogen-bond donors (Lipinski definition) is 1. The van der Waals surface area contributed by atoms with Gasteiger partial charge in [0.1, 0.15) is 5.75 Å². The van der Waals surface area contributed by atoms with E-state index in [0.717, 1.165) is 24.3 Å². The third-order valence-corrected chi connectivity index (χ3v) is 3.80. The normalized spacial score (nSPS) is 18.4. The smallest absolute Gasteiger partial charge is 0.226 e. The number of nitrogens with zero attached hydrogens (tertiary/aromatic N) is 1. The van der Waals surface area contributed by atoms with E-state index in [0.29, 0.717) is 19.6 Å². The predicted molar refractivity (Wildman–Crippen MR) is 77.8 cm³/mol. The number of ether oxygens (including phenoxy) is 1. The molecule has 4 heteroatoms. The van der Waals surface area contributed by atoms with Crippen molar-refractivity contribution in [3.63, 3.8) is 0 Å². The fourth-order valence-corrected chi connectivity index (χ4v) is 2.58. The predicted octanol–water partition coefficient (Wildman–Crippen LogP) is 1.91. The van der Waals surface area contributed by atoms with Crippen LogP contribution in [-0.2, 0) is 4.79 Å². The van der Waals surface area contributed by atoms with Crippen molar-refractivity contribution in [3.05, 3.63) is 29.3 Å². The Morgan fingerprint density at radius 2 is 2.25 bits per heavy atom. The number of carbonyl (C=O) groups excluding carboxylic acids is 1. The largest absolute Gasteiger partial charge is 0.493 e. The van der Waals surface area contributed by atoms with Crippen molar-refractivity contribution < 1.29 is 14.6 Å². The van der Waals surface area contributed by atoms with Gasteiger partial charge in [-0.25, -0.2) is 0 Å². The summed E-state index contributed by atoms with van der Waals surface area (Å²) in [6, 6.07) is 6.03. The van der Waals surface area contributed by atoms with E-state index in [2.05, 4.69) is 6.07 Å². The van der Waals surface area contributed by atoms with Crippen molar-refractivity contribution in [1.29, 1.82) is 0 Å². The second kappa shape index (κ2) is 6.75. The summed E-state index contributed by atoms with van der Waals surface area (Å²) < 4.78 is 5.68. The second-order valence-corrected chi connectivity index (χ2v) is 5.54. The van der Waals surface area contributed by atoms with Crippen molar-refractivity contribution in [1.82, 2.24) is 4.90 Å². The van der Waals surface area contributed by atoms with Gasteiger partial charge in [-0.15, -0.1) is 0 Å². The molecular formula is C16H23NO3. The lowest BCUT2D eigenvalue weighted by Gasteiger charge is -2.16. The fourth-order valence-electron chi connectivity index (χ4n) is 2.58. The first-order valence-electron chi connectivity index (χ1n) is 7.19. The number of likely N-dealkylation sites (tertiary alicyclic amines) is 1. The molecular weight excluding hydrogens is 254 g/mol. The van der Waals surface area contributed by atoms with Crippen molar-refractivity contribution in [2.75, 3.05) is 26.3 Å². The van der Waals surface area contributed by atoms with Crippen molar-refractivity contribution in [3.8, 4) is 5.75 Å². The highest BCUT2D eigenvalue weighted by Gasteiger charge is 2.25. The zero-order valence-corrected chi connectivity index (χ0v) is 12.3. The Morgan fingerprint density at radius 1 is 1.45 bits per heavy atom. The highest BCUT2D eigenvalue weighted by atomic mass is 16.5. The van der Waals surface area contributed by atoms with Gasteiger partial charge in [0.05, 0.1) is 13.0 Å². The Kier molecular flexibility index (Phi) is 5.01. The zero-order chi connectivity index (χ0) is 14.5. The number of amides is 1. The van der Waals surface area contributed by atoms with Gasteiger partial charge in [0.2, 0.25) is 5.91 Å². The molecule has 2 rings (SSSR count). The molecule has 110 valence electrons. The molecule has 0 radical (unpaired) electrons. The molecule has 1 amide bonds. The number of rotatable bonds is 5.